The smallest absolute Gasteiger partial charge is 0.191 e. The predicted octanol–water partition coefficient (Wildman–Crippen LogP) is 4.16. The lowest BCUT2D eigenvalue weighted by Crippen LogP contribution is -2.02. The van der Waals surface area contributed by atoms with Crippen molar-refractivity contribution in [3.8, 4) is 11.4 Å². The molecule has 0 spiro atoms. The fourth-order valence-electron chi connectivity index (χ4n) is 1.84. The number of allylic oxidation sites excluding steroid dienone is 1. The predicted molar refractivity (Wildman–Crippen MR) is 81.2 cm³/mol. The maximum Gasteiger partial charge on any atom is 0.191 e. The first-order valence-electron chi connectivity index (χ1n) is 6.69. The van der Waals surface area contributed by atoms with Gasteiger partial charge in [0.25, 0.3) is 0 Å². The Morgan fingerprint density at radius 2 is 2.15 bits per heavy atom. The van der Waals surface area contributed by atoms with E-state index in [9.17, 15) is 4.39 Å². The monoisotopic (exact) mass is 291 g/mol. The largest absolute Gasteiger partial charge is 0.298 e. The van der Waals surface area contributed by atoms with E-state index < -0.39 is 0 Å². The molecule has 5 heteroatoms. The molecule has 1 heterocycles. The van der Waals surface area contributed by atoms with Gasteiger partial charge in [0.1, 0.15) is 5.82 Å². The Morgan fingerprint density at radius 3 is 2.85 bits per heavy atom. The van der Waals surface area contributed by atoms with E-state index in [1.54, 1.807) is 36.0 Å². The molecule has 1 aromatic carbocycles. The zero-order chi connectivity index (χ0) is 14.4. The van der Waals surface area contributed by atoms with Crippen LogP contribution in [0.15, 0.2) is 42.1 Å². The minimum atomic E-state index is -0.282. The summed E-state index contributed by atoms with van der Waals surface area (Å²) in [5.74, 6) is 1.26. The first kappa shape index (κ1) is 14.8. The minimum absolute atomic E-state index is 0.282. The quantitative estimate of drug-likeness (QED) is 0.436. The van der Waals surface area contributed by atoms with E-state index in [1.807, 2.05) is 4.57 Å². The molecule has 2 rings (SSSR count). The fourth-order valence-corrected chi connectivity index (χ4v) is 2.87. The fraction of sp³-hybridized carbons (Fsp3) is 0.333. The maximum absolute atomic E-state index is 13.9. The van der Waals surface area contributed by atoms with Crippen LogP contribution in [0.5, 0.6) is 0 Å². The zero-order valence-corrected chi connectivity index (χ0v) is 12.4. The molecular formula is C15H18FN3S. The van der Waals surface area contributed by atoms with Crippen molar-refractivity contribution in [2.45, 2.75) is 31.5 Å². The summed E-state index contributed by atoms with van der Waals surface area (Å²) in [6, 6.07) is 6.63. The molecule has 0 bridgehead atoms. The van der Waals surface area contributed by atoms with Crippen LogP contribution in [0, 0.1) is 5.82 Å². The summed E-state index contributed by atoms with van der Waals surface area (Å²) < 4.78 is 15.8. The van der Waals surface area contributed by atoms with Crippen molar-refractivity contribution in [3.63, 3.8) is 0 Å². The second-order valence-corrected chi connectivity index (χ2v) is 5.45. The molecule has 20 heavy (non-hydrogen) atoms. The Balaban J connectivity index is 2.33. The Labute approximate surface area is 122 Å². The molecule has 2 aromatic rings. The molecule has 0 unspecified atom stereocenters. The Morgan fingerprint density at radius 1 is 1.35 bits per heavy atom. The number of aromatic nitrogens is 3. The molecule has 0 amide bonds. The molecule has 0 radical (unpaired) electrons. The van der Waals surface area contributed by atoms with Crippen LogP contribution in [0.25, 0.3) is 11.4 Å². The van der Waals surface area contributed by atoms with E-state index in [0.29, 0.717) is 17.9 Å². The minimum Gasteiger partial charge on any atom is -0.298 e. The number of halogens is 1. The average molecular weight is 291 g/mol. The molecule has 0 saturated carbocycles. The molecule has 0 aliphatic rings. The number of hydrogen-bond donors (Lipinski definition) is 0. The van der Waals surface area contributed by atoms with Crippen molar-refractivity contribution in [3.05, 3.63) is 42.7 Å². The molecule has 0 aliphatic heterocycles. The highest BCUT2D eigenvalue weighted by atomic mass is 32.2. The number of nitrogens with zero attached hydrogens (tertiary/aromatic N) is 3. The first-order valence-corrected chi connectivity index (χ1v) is 7.68. The number of rotatable bonds is 7. The van der Waals surface area contributed by atoms with Gasteiger partial charge in [-0.1, -0.05) is 43.3 Å². The van der Waals surface area contributed by atoms with Crippen molar-refractivity contribution in [2.75, 3.05) is 5.75 Å². The Hall–Kier alpha value is -1.62. The van der Waals surface area contributed by atoms with Gasteiger partial charge in [0.05, 0.1) is 5.56 Å². The highest BCUT2D eigenvalue weighted by Gasteiger charge is 2.15. The van der Waals surface area contributed by atoms with Gasteiger partial charge in [-0.05, 0) is 18.6 Å². The Kier molecular flexibility index (Phi) is 5.35. The van der Waals surface area contributed by atoms with Gasteiger partial charge in [-0.3, -0.25) is 4.57 Å². The van der Waals surface area contributed by atoms with Crippen LogP contribution >= 0.6 is 11.8 Å². The first-order chi connectivity index (χ1) is 9.77. The number of unbranched alkanes of at least 4 members (excludes halogenated alkanes) is 1. The summed E-state index contributed by atoms with van der Waals surface area (Å²) in [4.78, 5) is 0. The summed E-state index contributed by atoms with van der Waals surface area (Å²) in [5.41, 5.74) is 0.476. The highest BCUT2D eigenvalue weighted by molar-refractivity contribution is 7.99. The van der Waals surface area contributed by atoms with Crippen molar-refractivity contribution in [1.29, 1.82) is 0 Å². The van der Waals surface area contributed by atoms with E-state index in [1.165, 1.54) is 6.07 Å². The third-order valence-corrected chi connectivity index (χ3v) is 3.93. The van der Waals surface area contributed by atoms with E-state index >= 15 is 0 Å². The zero-order valence-electron chi connectivity index (χ0n) is 11.6. The van der Waals surface area contributed by atoms with Crippen molar-refractivity contribution in [1.82, 2.24) is 14.8 Å². The van der Waals surface area contributed by atoms with Crippen LogP contribution in [0.3, 0.4) is 0 Å². The SMILES string of the molecule is C=CCn1c(SCCCC)nnc1-c1ccccc1F. The molecule has 3 nitrogen and oxygen atoms in total. The highest BCUT2D eigenvalue weighted by Crippen LogP contribution is 2.26. The standard InChI is InChI=1S/C15H18FN3S/c1-3-5-11-20-15-18-17-14(19(15)10-4-2)12-8-6-7-9-13(12)16/h4,6-9H,2-3,5,10-11H2,1H3. The summed E-state index contributed by atoms with van der Waals surface area (Å²) >= 11 is 1.65. The van der Waals surface area contributed by atoms with E-state index in [0.717, 1.165) is 23.8 Å². The second kappa shape index (κ2) is 7.24. The van der Waals surface area contributed by atoms with Gasteiger partial charge in [-0.15, -0.1) is 16.8 Å². The summed E-state index contributed by atoms with van der Waals surface area (Å²) in [6.45, 7) is 6.48. The molecule has 0 saturated heterocycles. The van der Waals surface area contributed by atoms with Gasteiger partial charge < -0.3 is 0 Å². The maximum atomic E-state index is 13.9. The Bertz CT molecular complexity index is 580. The van der Waals surface area contributed by atoms with Crippen molar-refractivity contribution in [2.24, 2.45) is 0 Å². The summed E-state index contributed by atoms with van der Waals surface area (Å²) in [5, 5.41) is 9.15. The van der Waals surface area contributed by atoms with Crippen molar-refractivity contribution < 1.29 is 4.39 Å². The lowest BCUT2D eigenvalue weighted by Gasteiger charge is -2.08. The average Bonchev–Trinajstić information content (AvgIpc) is 2.83. The second-order valence-electron chi connectivity index (χ2n) is 4.39. The van der Waals surface area contributed by atoms with Gasteiger partial charge >= 0.3 is 0 Å². The number of hydrogen-bond acceptors (Lipinski definition) is 3. The van der Waals surface area contributed by atoms with Crippen LogP contribution in [-0.4, -0.2) is 20.5 Å². The van der Waals surface area contributed by atoms with Gasteiger partial charge in [-0.25, -0.2) is 4.39 Å². The lowest BCUT2D eigenvalue weighted by atomic mass is 10.2. The molecule has 0 atom stereocenters. The molecule has 0 aliphatic carbocycles. The summed E-state index contributed by atoms with van der Waals surface area (Å²) in [7, 11) is 0. The van der Waals surface area contributed by atoms with Crippen molar-refractivity contribution >= 4 is 11.8 Å². The van der Waals surface area contributed by atoms with Crippen LogP contribution in [0.2, 0.25) is 0 Å². The van der Waals surface area contributed by atoms with Crippen LogP contribution in [0.1, 0.15) is 19.8 Å². The molecule has 1 aromatic heterocycles. The third kappa shape index (κ3) is 3.28. The lowest BCUT2D eigenvalue weighted by molar-refractivity contribution is 0.626. The van der Waals surface area contributed by atoms with Gasteiger partial charge in [0.2, 0.25) is 0 Å². The molecule has 106 valence electrons. The van der Waals surface area contributed by atoms with E-state index in [-0.39, 0.29) is 5.82 Å². The topological polar surface area (TPSA) is 30.7 Å². The normalized spacial score (nSPS) is 10.7. The van der Waals surface area contributed by atoms with Crippen LogP contribution < -0.4 is 0 Å². The van der Waals surface area contributed by atoms with Crippen LogP contribution in [-0.2, 0) is 6.54 Å². The third-order valence-electron chi connectivity index (χ3n) is 2.87. The van der Waals surface area contributed by atoms with Gasteiger partial charge in [-0.2, -0.15) is 0 Å². The molecule has 0 fully saturated rings. The number of thioether (sulfide) groups is 1. The number of benzene rings is 1. The van der Waals surface area contributed by atoms with Gasteiger partial charge in [0, 0.05) is 12.3 Å². The van der Waals surface area contributed by atoms with Crippen LogP contribution in [0.4, 0.5) is 4.39 Å². The van der Waals surface area contributed by atoms with E-state index in [4.69, 9.17) is 0 Å². The van der Waals surface area contributed by atoms with Gasteiger partial charge in [0.15, 0.2) is 11.0 Å². The van der Waals surface area contributed by atoms with E-state index in [2.05, 4.69) is 23.7 Å². The summed E-state index contributed by atoms with van der Waals surface area (Å²) in [6.07, 6.45) is 4.04. The molecular weight excluding hydrogens is 273 g/mol. The molecule has 0 N–H and O–H groups in total.